The molecule has 4 nitrogen and oxygen atoms in total. The number of hydrogen-bond donors (Lipinski definition) is 2. The number of aryl methyl sites for hydroxylation is 1. The minimum Gasteiger partial charge on any atom is -0.374 e. The molecular formula is C16H21N3OS. The van der Waals surface area contributed by atoms with Gasteiger partial charge in [0.25, 0.3) is 0 Å². The Bertz CT molecular complexity index is 646. The average Bonchev–Trinajstić information content (AvgIpc) is 3.06. The van der Waals surface area contributed by atoms with Crippen LogP contribution in [-0.2, 0) is 4.79 Å². The number of aromatic nitrogens is 1. The normalized spacial score (nSPS) is 17.0. The van der Waals surface area contributed by atoms with Crippen LogP contribution in [0.1, 0.15) is 37.6 Å². The van der Waals surface area contributed by atoms with Gasteiger partial charge in [0, 0.05) is 11.7 Å². The minimum absolute atomic E-state index is 0.0856. The van der Waals surface area contributed by atoms with Gasteiger partial charge in [-0.3, -0.25) is 4.79 Å². The lowest BCUT2D eigenvalue weighted by Crippen LogP contribution is -2.42. The van der Waals surface area contributed by atoms with Gasteiger partial charge in [-0.15, -0.1) is 11.3 Å². The van der Waals surface area contributed by atoms with Gasteiger partial charge in [0.2, 0.25) is 5.91 Å². The molecule has 112 valence electrons. The SMILES string of the molecule is Cc1nc2ccc(N[C@H](C)C(=O)NC3CCCC3)cc2s1. The second-order valence-corrected chi connectivity index (χ2v) is 7.01. The van der Waals surface area contributed by atoms with Crippen molar-refractivity contribution in [2.24, 2.45) is 0 Å². The number of anilines is 1. The van der Waals surface area contributed by atoms with Crippen molar-refractivity contribution in [3.63, 3.8) is 0 Å². The summed E-state index contributed by atoms with van der Waals surface area (Å²) in [5.74, 6) is 0.0856. The van der Waals surface area contributed by atoms with Gasteiger partial charge in [0.1, 0.15) is 6.04 Å². The first kappa shape index (κ1) is 14.3. The maximum Gasteiger partial charge on any atom is 0.242 e. The molecule has 0 bridgehead atoms. The summed E-state index contributed by atoms with van der Waals surface area (Å²) < 4.78 is 1.15. The van der Waals surface area contributed by atoms with Gasteiger partial charge in [-0.2, -0.15) is 0 Å². The number of carbonyl (C=O) groups excluding carboxylic acids is 1. The van der Waals surface area contributed by atoms with Crippen molar-refractivity contribution in [3.8, 4) is 0 Å². The van der Waals surface area contributed by atoms with E-state index in [2.05, 4.69) is 21.7 Å². The molecule has 1 aliphatic rings. The first-order valence-corrected chi connectivity index (χ1v) is 8.37. The Morgan fingerprint density at radius 2 is 2.14 bits per heavy atom. The molecule has 0 radical (unpaired) electrons. The zero-order valence-electron chi connectivity index (χ0n) is 12.5. The van der Waals surface area contributed by atoms with Crippen LogP contribution in [0.2, 0.25) is 0 Å². The third kappa shape index (κ3) is 3.35. The maximum absolute atomic E-state index is 12.2. The van der Waals surface area contributed by atoms with Gasteiger partial charge in [0.15, 0.2) is 0 Å². The van der Waals surface area contributed by atoms with Gasteiger partial charge in [-0.25, -0.2) is 4.98 Å². The lowest BCUT2D eigenvalue weighted by atomic mass is 10.2. The molecule has 0 aliphatic heterocycles. The Morgan fingerprint density at radius 3 is 2.90 bits per heavy atom. The van der Waals surface area contributed by atoms with E-state index in [9.17, 15) is 4.79 Å². The summed E-state index contributed by atoms with van der Waals surface area (Å²) in [6.07, 6.45) is 4.69. The molecule has 0 saturated heterocycles. The highest BCUT2D eigenvalue weighted by Gasteiger charge is 2.20. The minimum atomic E-state index is -0.225. The number of carbonyl (C=O) groups is 1. The monoisotopic (exact) mass is 303 g/mol. The standard InChI is InChI=1S/C16H21N3OS/c1-10(16(20)19-12-5-3-4-6-12)17-13-7-8-14-15(9-13)21-11(2)18-14/h7-10,12,17H,3-6H2,1-2H3,(H,19,20)/t10-/m1/s1. The van der Waals surface area contributed by atoms with Crippen LogP contribution in [0.3, 0.4) is 0 Å². The van der Waals surface area contributed by atoms with Gasteiger partial charge < -0.3 is 10.6 Å². The molecule has 1 fully saturated rings. The molecule has 5 heteroatoms. The number of nitrogens with zero attached hydrogens (tertiary/aromatic N) is 1. The molecule has 2 N–H and O–H groups in total. The molecule has 1 heterocycles. The highest BCUT2D eigenvalue weighted by atomic mass is 32.1. The second kappa shape index (κ2) is 6.02. The predicted octanol–water partition coefficient (Wildman–Crippen LogP) is 3.46. The number of benzene rings is 1. The summed E-state index contributed by atoms with van der Waals surface area (Å²) in [5, 5.41) is 7.48. The van der Waals surface area contributed by atoms with E-state index >= 15 is 0 Å². The summed E-state index contributed by atoms with van der Waals surface area (Å²) in [6, 6.07) is 6.20. The summed E-state index contributed by atoms with van der Waals surface area (Å²) in [4.78, 5) is 16.6. The Balaban J connectivity index is 1.64. The molecule has 0 unspecified atom stereocenters. The van der Waals surface area contributed by atoms with E-state index in [1.54, 1.807) is 11.3 Å². The number of hydrogen-bond acceptors (Lipinski definition) is 4. The first-order chi connectivity index (χ1) is 10.1. The number of amides is 1. The van der Waals surface area contributed by atoms with Crippen LogP contribution in [-0.4, -0.2) is 23.0 Å². The fourth-order valence-corrected chi connectivity index (χ4v) is 3.71. The fraction of sp³-hybridized carbons (Fsp3) is 0.500. The molecule has 1 atom stereocenters. The van der Waals surface area contributed by atoms with Crippen molar-refractivity contribution in [2.75, 3.05) is 5.32 Å². The van der Waals surface area contributed by atoms with E-state index in [1.807, 2.05) is 26.0 Å². The van der Waals surface area contributed by atoms with Gasteiger partial charge in [-0.05, 0) is 44.9 Å². The maximum atomic E-state index is 12.2. The predicted molar refractivity (Wildman–Crippen MR) is 87.8 cm³/mol. The van der Waals surface area contributed by atoms with Crippen LogP contribution in [0.5, 0.6) is 0 Å². The Morgan fingerprint density at radius 1 is 1.38 bits per heavy atom. The second-order valence-electron chi connectivity index (χ2n) is 5.77. The molecular weight excluding hydrogens is 282 g/mol. The molecule has 2 aromatic rings. The Kier molecular flexibility index (Phi) is 4.10. The van der Waals surface area contributed by atoms with Crippen molar-refractivity contribution in [2.45, 2.75) is 51.6 Å². The third-order valence-corrected chi connectivity index (χ3v) is 4.91. The van der Waals surface area contributed by atoms with E-state index in [4.69, 9.17) is 0 Å². The van der Waals surface area contributed by atoms with Crippen molar-refractivity contribution in [1.29, 1.82) is 0 Å². The Hall–Kier alpha value is -1.62. The first-order valence-electron chi connectivity index (χ1n) is 7.56. The number of thiazole rings is 1. The summed E-state index contributed by atoms with van der Waals surface area (Å²) in [6.45, 7) is 3.92. The topological polar surface area (TPSA) is 54.0 Å². The molecule has 21 heavy (non-hydrogen) atoms. The largest absolute Gasteiger partial charge is 0.374 e. The molecule has 0 spiro atoms. The van der Waals surface area contributed by atoms with Crippen LogP contribution in [0.15, 0.2) is 18.2 Å². The molecule has 1 aromatic carbocycles. The van der Waals surface area contributed by atoms with E-state index < -0.39 is 0 Å². The quantitative estimate of drug-likeness (QED) is 0.909. The van der Waals surface area contributed by atoms with E-state index in [1.165, 1.54) is 12.8 Å². The number of nitrogens with one attached hydrogen (secondary N) is 2. The van der Waals surface area contributed by atoms with Crippen molar-refractivity contribution < 1.29 is 4.79 Å². The van der Waals surface area contributed by atoms with Crippen LogP contribution < -0.4 is 10.6 Å². The van der Waals surface area contributed by atoms with Crippen LogP contribution in [0, 0.1) is 6.92 Å². The summed E-state index contributed by atoms with van der Waals surface area (Å²) in [7, 11) is 0. The summed E-state index contributed by atoms with van der Waals surface area (Å²) >= 11 is 1.68. The van der Waals surface area contributed by atoms with Gasteiger partial charge in [0.05, 0.1) is 15.2 Å². The third-order valence-electron chi connectivity index (χ3n) is 3.97. The van der Waals surface area contributed by atoms with Crippen molar-refractivity contribution in [3.05, 3.63) is 23.2 Å². The lowest BCUT2D eigenvalue weighted by Gasteiger charge is -2.18. The molecule has 1 amide bonds. The average molecular weight is 303 g/mol. The van der Waals surface area contributed by atoms with Crippen LogP contribution >= 0.6 is 11.3 Å². The van der Waals surface area contributed by atoms with Crippen molar-refractivity contribution in [1.82, 2.24) is 10.3 Å². The van der Waals surface area contributed by atoms with Crippen LogP contribution in [0.4, 0.5) is 5.69 Å². The molecule has 3 rings (SSSR count). The highest BCUT2D eigenvalue weighted by Crippen LogP contribution is 2.25. The smallest absolute Gasteiger partial charge is 0.242 e. The number of rotatable bonds is 4. The van der Waals surface area contributed by atoms with E-state index in [0.717, 1.165) is 33.8 Å². The highest BCUT2D eigenvalue weighted by molar-refractivity contribution is 7.18. The molecule has 1 aromatic heterocycles. The van der Waals surface area contributed by atoms with E-state index in [-0.39, 0.29) is 11.9 Å². The lowest BCUT2D eigenvalue weighted by molar-refractivity contribution is -0.122. The van der Waals surface area contributed by atoms with Crippen LogP contribution in [0.25, 0.3) is 10.2 Å². The zero-order chi connectivity index (χ0) is 14.8. The molecule has 1 aliphatic carbocycles. The van der Waals surface area contributed by atoms with E-state index in [0.29, 0.717) is 6.04 Å². The number of fused-ring (bicyclic) bond motifs is 1. The zero-order valence-corrected chi connectivity index (χ0v) is 13.3. The molecule has 1 saturated carbocycles. The fourth-order valence-electron chi connectivity index (χ4n) is 2.84. The summed E-state index contributed by atoms with van der Waals surface area (Å²) in [5.41, 5.74) is 1.99. The van der Waals surface area contributed by atoms with Crippen molar-refractivity contribution >= 4 is 33.1 Å². The van der Waals surface area contributed by atoms with Gasteiger partial charge in [-0.1, -0.05) is 12.8 Å². The Labute approximate surface area is 129 Å². The van der Waals surface area contributed by atoms with Gasteiger partial charge >= 0.3 is 0 Å².